The second-order valence-electron chi connectivity index (χ2n) is 3.32. The topological polar surface area (TPSA) is 55.1 Å². The molecule has 2 aromatic heterocycles. The molecule has 78 valence electrons. The van der Waals surface area contributed by atoms with E-state index in [-0.39, 0.29) is 6.42 Å². The third-order valence-electron chi connectivity index (χ3n) is 2.29. The quantitative estimate of drug-likeness (QED) is 0.810. The Hall–Kier alpha value is -1.91. The highest BCUT2D eigenvalue weighted by Crippen LogP contribution is 2.17. The van der Waals surface area contributed by atoms with Gasteiger partial charge in [-0.3, -0.25) is 9.78 Å². The van der Waals surface area contributed by atoms with E-state index in [4.69, 9.17) is 5.11 Å². The minimum atomic E-state index is -0.915. The number of aromatic nitrogens is 2. The summed E-state index contributed by atoms with van der Waals surface area (Å²) in [4.78, 5) is 14.4. The van der Waals surface area contributed by atoms with Crippen molar-refractivity contribution < 1.29 is 14.3 Å². The highest BCUT2D eigenvalue weighted by molar-refractivity contribution is 5.79. The van der Waals surface area contributed by atoms with Crippen LogP contribution >= 0.6 is 0 Å². The average Bonchev–Trinajstić information content (AvgIpc) is 2.44. The van der Waals surface area contributed by atoms with Crippen molar-refractivity contribution in [2.75, 3.05) is 0 Å². The van der Waals surface area contributed by atoms with Gasteiger partial charge in [0.25, 0.3) is 0 Å². The minimum absolute atomic E-state index is 0.0888. The molecule has 0 radical (unpaired) electrons. The summed E-state index contributed by atoms with van der Waals surface area (Å²) in [5, 5.41) is 8.66. The van der Waals surface area contributed by atoms with Gasteiger partial charge in [-0.2, -0.15) is 0 Å². The summed E-state index contributed by atoms with van der Waals surface area (Å²) in [6.07, 6.45) is 1.03. The van der Waals surface area contributed by atoms with E-state index in [1.807, 2.05) is 0 Å². The number of aliphatic carboxylic acids is 1. The molecular formula is C10H9FN2O2. The van der Waals surface area contributed by atoms with E-state index in [0.29, 0.717) is 16.7 Å². The minimum Gasteiger partial charge on any atom is -0.481 e. The van der Waals surface area contributed by atoms with Crippen LogP contribution in [0.2, 0.25) is 0 Å². The number of hydrogen-bond donors (Lipinski definition) is 1. The number of halogens is 1. The number of rotatable bonds is 2. The molecule has 2 heterocycles. The van der Waals surface area contributed by atoms with E-state index in [9.17, 15) is 9.18 Å². The van der Waals surface area contributed by atoms with Crippen LogP contribution in [0.3, 0.4) is 0 Å². The van der Waals surface area contributed by atoms with Crippen LogP contribution in [0.15, 0.2) is 18.3 Å². The van der Waals surface area contributed by atoms with Gasteiger partial charge in [0.2, 0.25) is 0 Å². The Morgan fingerprint density at radius 3 is 3.00 bits per heavy atom. The van der Waals surface area contributed by atoms with E-state index >= 15 is 0 Å². The van der Waals surface area contributed by atoms with Gasteiger partial charge in [0.1, 0.15) is 5.82 Å². The predicted octanol–water partition coefficient (Wildman–Crippen LogP) is 1.34. The van der Waals surface area contributed by atoms with E-state index in [1.54, 1.807) is 17.7 Å². The lowest BCUT2D eigenvalue weighted by molar-refractivity contribution is -0.136. The monoisotopic (exact) mass is 208 g/mol. The standard InChI is InChI=1S/C10H9FN2O2/c1-13-7(4-10(14)15)3-8-9(13)2-6(11)5-12-8/h2-3,5H,4H2,1H3,(H,14,15). The van der Waals surface area contributed by atoms with Gasteiger partial charge in [-0.05, 0) is 6.07 Å². The number of carboxylic acids is 1. The first-order valence-electron chi connectivity index (χ1n) is 4.39. The lowest BCUT2D eigenvalue weighted by atomic mass is 10.3. The number of fused-ring (bicyclic) bond motifs is 1. The maximum atomic E-state index is 12.9. The van der Waals surface area contributed by atoms with Crippen LogP contribution in [0.1, 0.15) is 5.69 Å². The van der Waals surface area contributed by atoms with Crippen LogP contribution in [-0.4, -0.2) is 20.6 Å². The Labute approximate surface area is 85.0 Å². The number of aryl methyl sites for hydroxylation is 1. The Morgan fingerprint density at radius 2 is 2.33 bits per heavy atom. The normalized spacial score (nSPS) is 10.8. The van der Waals surface area contributed by atoms with Gasteiger partial charge in [-0.15, -0.1) is 0 Å². The molecule has 15 heavy (non-hydrogen) atoms. The summed E-state index contributed by atoms with van der Waals surface area (Å²) >= 11 is 0. The first-order chi connectivity index (χ1) is 7.08. The summed E-state index contributed by atoms with van der Waals surface area (Å²) in [6.45, 7) is 0. The van der Waals surface area contributed by atoms with Crippen molar-refractivity contribution in [3.63, 3.8) is 0 Å². The number of pyridine rings is 1. The molecule has 0 amide bonds. The zero-order chi connectivity index (χ0) is 11.0. The molecule has 2 rings (SSSR count). The highest BCUT2D eigenvalue weighted by atomic mass is 19.1. The van der Waals surface area contributed by atoms with E-state index in [2.05, 4.69) is 4.98 Å². The maximum Gasteiger partial charge on any atom is 0.309 e. The number of carbonyl (C=O) groups is 1. The van der Waals surface area contributed by atoms with E-state index < -0.39 is 11.8 Å². The summed E-state index contributed by atoms with van der Waals surface area (Å²) in [5.41, 5.74) is 1.82. The van der Waals surface area contributed by atoms with Crippen molar-refractivity contribution in [3.8, 4) is 0 Å². The Kier molecular flexibility index (Phi) is 2.15. The smallest absolute Gasteiger partial charge is 0.309 e. The molecule has 0 atom stereocenters. The molecule has 0 unspecified atom stereocenters. The third kappa shape index (κ3) is 1.68. The fraction of sp³-hybridized carbons (Fsp3) is 0.200. The van der Waals surface area contributed by atoms with Crippen LogP contribution in [0.25, 0.3) is 11.0 Å². The first kappa shape index (κ1) is 9.64. The Bertz CT molecular complexity index is 533. The molecule has 4 nitrogen and oxygen atoms in total. The molecule has 0 spiro atoms. The number of nitrogens with zero attached hydrogens (tertiary/aromatic N) is 2. The molecule has 0 aliphatic heterocycles. The van der Waals surface area contributed by atoms with Crippen LogP contribution < -0.4 is 0 Å². The molecule has 0 fully saturated rings. The maximum absolute atomic E-state index is 12.9. The summed E-state index contributed by atoms with van der Waals surface area (Å²) in [5.74, 6) is -1.34. The molecule has 0 aliphatic rings. The summed E-state index contributed by atoms with van der Waals surface area (Å²) in [6, 6.07) is 3.00. The molecule has 0 bridgehead atoms. The van der Waals surface area contributed by atoms with Crippen molar-refractivity contribution in [2.45, 2.75) is 6.42 Å². The highest BCUT2D eigenvalue weighted by Gasteiger charge is 2.10. The average molecular weight is 208 g/mol. The van der Waals surface area contributed by atoms with Crippen molar-refractivity contribution in [1.82, 2.24) is 9.55 Å². The third-order valence-corrected chi connectivity index (χ3v) is 2.29. The van der Waals surface area contributed by atoms with Crippen molar-refractivity contribution in [1.29, 1.82) is 0 Å². The molecule has 0 aromatic carbocycles. The van der Waals surface area contributed by atoms with Gasteiger partial charge in [0, 0.05) is 18.8 Å². The van der Waals surface area contributed by atoms with Gasteiger partial charge in [0.05, 0.1) is 23.7 Å². The largest absolute Gasteiger partial charge is 0.481 e. The van der Waals surface area contributed by atoms with Gasteiger partial charge < -0.3 is 9.67 Å². The second-order valence-corrected chi connectivity index (χ2v) is 3.32. The number of hydrogen-bond acceptors (Lipinski definition) is 2. The lowest BCUT2D eigenvalue weighted by Gasteiger charge is -2.00. The van der Waals surface area contributed by atoms with Crippen LogP contribution in [0.5, 0.6) is 0 Å². The fourth-order valence-corrected chi connectivity index (χ4v) is 1.55. The molecule has 2 aromatic rings. The van der Waals surface area contributed by atoms with Crippen molar-refractivity contribution >= 4 is 17.0 Å². The lowest BCUT2D eigenvalue weighted by Crippen LogP contribution is -2.04. The molecular weight excluding hydrogens is 199 g/mol. The van der Waals surface area contributed by atoms with Crippen LogP contribution in [-0.2, 0) is 18.3 Å². The van der Waals surface area contributed by atoms with Crippen LogP contribution in [0.4, 0.5) is 4.39 Å². The molecule has 0 saturated heterocycles. The van der Waals surface area contributed by atoms with Gasteiger partial charge >= 0.3 is 5.97 Å². The van der Waals surface area contributed by atoms with Crippen molar-refractivity contribution in [3.05, 3.63) is 29.8 Å². The molecule has 1 N–H and O–H groups in total. The summed E-state index contributed by atoms with van der Waals surface area (Å²) in [7, 11) is 1.70. The van der Waals surface area contributed by atoms with Crippen LogP contribution in [0, 0.1) is 5.82 Å². The molecule has 5 heteroatoms. The summed E-state index contributed by atoms with van der Waals surface area (Å²) < 4.78 is 14.5. The van der Waals surface area contributed by atoms with Gasteiger partial charge in [0.15, 0.2) is 0 Å². The number of carboxylic acid groups (broad SMARTS) is 1. The Morgan fingerprint density at radius 1 is 1.60 bits per heavy atom. The van der Waals surface area contributed by atoms with E-state index in [1.165, 1.54) is 6.07 Å². The first-order valence-corrected chi connectivity index (χ1v) is 4.39. The van der Waals surface area contributed by atoms with Gasteiger partial charge in [-0.25, -0.2) is 4.39 Å². The molecule has 0 aliphatic carbocycles. The second kappa shape index (κ2) is 3.34. The van der Waals surface area contributed by atoms with E-state index in [0.717, 1.165) is 6.20 Å². The molecule has 0 saturated carbocycles. The zero-order valence-electron chi connectivity index (χ0n) is 8.07. The Balaban J connectivity index is 2.59. The van der Waals surface area contributed by atoms with Crippen molar-refractivity contribution in [2.24, 2.45) is 7.05 Å². The van der Waals surface area contributed by atoms with Gasteiger partial charge in [-0.1, -0.05) is 0 Å². The predicted molar refractivity (Wildman–Crippen MR) is 52.0 cm³/mol. The zero-order valence-corrected chi connectivity index (χ0v) is 8.07. The fourth-order valence-electron chi connectivity index (χ4n) is 1.55. The SMILES string of the molecule is Cn1c(CC(=O)O)cc2ncc(F)cc21.